The van der Waals surface area contributed by atoms with Crippen molar-refractivity contribution < 1.29 is 9.59 Å². The summed E-state index contributed by atoms with van der Waals surface area (Å²) in [6.45, 7) is 0.625. The lowest BCUT2D eigenvalue weighted by Crippen LogP contribution is -2.51. The maximum Gasteiger partial charge on any atom is 0.246 e. The number of benzene rings is 1. The first kappa shape index (κ1) is 12.9. The lowest BCUT2D eigenvalue weighted by atomic mass is 10.0. The Balaban J connectivity index is 1.66. The molecule has 0 radical (unpaired) electrons. The summed E-state index contributed by atoms with van der Waals surface area (Å²) in [6.07, 6.45) is 2.91. The van der Waals surface area contributed by atoms with Crippen LogP contribution in [0.3, 0.4) is 0 Å². The van der Waals surface area contributed by atoms with Crippen molar-refractivity contribution in [2.24, 2.45) is 0 Å². The number of imide groups is 1. The Hall–Kier alpha value is -2.14. The smallest absolute Gasteiger partial charge is 0.246 e. The van der Waals surface area contributed by atoms with Gasteiger partial charge in [0, 0.05) is 31.7 Å². The van der Waals surface area contributed by atoms with E-state index in [1.807, 2.05) is 24.4 Å². The van der Waals surface area contributed by atoms with Gasteiger partial charge in [-0.1, -0.05) is 6.07 Å². The second-order valence-electron chi connectivity index (χ2n) is 5.16. The molecular formula is C15H17N3O2. The Kier molecular flexibility index (Phi) is 3.28. The quantitative estimate of drug-likeness (QED) is 0.829. The second kappa shape index (κ2) is 5.09. The topological polar surface area (TPSA) is 65.2 Å². The molecule has 104 valence electrons. The van der Waals surface area contributed by atoms with Crippen LogP contribution >= 0.6 is 0 Å². The number of H-pyrrole nitrogens is 1. The highest BCUT2D eigenvalue weighted by molar-refractivity contribution is 6.00. The number of nitrogens with one attached hydrogen (secondary N) is 2. The molecule has 2 N–H and O–H groups in total. The number of carbonyl (C=O) groups is 2. The van der Waals surface area contributed by atoms with E-state index in [1.165, 1.54) is 4.90 Å². The number of fused-ring (bicyclic) bond motifs is 1. The fourth-order valence-electron chi connectivity index (χ4n) is 2.56. The molecule has 0 saturated carbocycles. The molecule has 2 amide bonds. The normalized spacial score (nSPS) is 19.9. The van der Waals surface area contributed by atoms with Crippen molar-refractivity contribution in [3.63, 3.8) is 0 Å². The van der Waals surface area contributed by atoms with E-state index in [0.29, 0.717) is 19.4 Å². The maximum atomic E-state index is 12.0. The molecule has 1 aromatic carbocycles. The highest BCUT2D eigenvalue weighted by Gasteiger charge is 2.31. The fraction of sp³-hybridized carbons (Fsp3) is 0.333. The average Bonchev–Trinajstić information content (AvgIpc) is 2.91. The molecule has 1 saturated heterocycles. The first-order valence-corrected chi connectivity index (χ1v) is 6.75. The number of hydrogen-bond acceptors (Lipinski definition) is 3. The van der Waals surface area contributed by atoms with Gasteiger partial charge in [0.15, 0.2) is 0 Å². The van der Waals surface area contributed by atoms with E-state index in [4.69, 9.17) is 0 Å². The summed E-state index contributed by atoms with van der Waals surface area (Å²) < 4.78 is 0. The van der Waals surface area contributed by atoms with Gasteiger partial charge < -0.3 is 10.3 Å². The molecule has 5 heteroatoms. The Labute approximate surface area is 117 Å². The van der Waals surface area contributed by atoms with Crippen LogP contribution in [0.1, 0.15) is 18.4 Å². The number of carbonyl (C=O) groups excluding carboxylic acids is 2. The monoisotopic (exact) mass is 271 g/mol. The van der Waals surface area contributed by atoms with Gasteiger partial charge in [0.05, 0.1) is 6.04 Å². The average molecular weight is 271 g/mol. The first-order valence-electron chi connectivity index (χ1n) is 6.75. The van der Waals surface area contributed by atoms with Crippen molar-refractivity contribution >= 4 is 22.7 Å². The lowest BCUT2D eigenvalue weighted by Gasteiger charge is -2.28. The van der Waals surface area contributed by atoms with Crippen LogP contribution < -0.4 is 5.32 Å². The van der Waals surface area contributed by atoms with Crippen LogP contribution in [0.15, 0.2) is 30.5 Å². The van der Waals surface area contributed by atoms with Crippen LogP contribution in [0.25, 0.3) is 10.9 Å². The number of hydrogen-bond donors (Lipinski definition) is 2. The van der Waals surface area contributed by atoms with E-state index in [1.54, 1.807) is 7.05 Å². The molecule has 1 aliphatic heterocycles. The molecule has 5 nitrogen and oxygen atoms in total. The third-order valence-corrected chi connectivity index (χ3v) is 3.82. The minimum absolute atomic E-state index is 0.0956. The number of likely N-dealkylation sites (tertiary alicyclic amines) is 1. The zero-order chi connectivity index (χ0) is 14.1. The van der Waals surface area contributed by atoms with Crippen LogP contribution in [-0.2, 0) is 16.1 Å². The number of rotatable bonds is 3. The van der Waals surface area contributed by atoms with Crippen molar-refractivity contribution in [2.45, 2.75) is 25.4 Å². The van der Waals surface area contributed by atoms with Crippen LogP contribution in [-0.4, -0.2) is 34.8 Å². The zero-order valence-corrected chi connectivity index (χ0v) is 11.3. The van der Waals surface area contributed by atoms with Crippen molar-refractivity contribution in [2.75, 3.05) is 7.05 Å². The molecule has 1 fully saturated rings. The summed E-state index contributed by atoms with van der Waals surface area (Å²) in [5.74, 6) is -0.231. The van der Waals surface area contributed by atoms with Gasteiger partial charge in [0.25, 0.3) is 0 Å². The SMILES string of the molecule is CN1C(=O)CCC(NCc2ccc3[nH]ccc3c2)C1=O. The zero-order valence-electron chi connectivity index (χ0n) is 11.3. The molecule has 0 spiro atoms. The standard InChI is InChI=1S/C15H17N3O2/c1-18-14(19)5-4-13(15(18)20)17-9-10-2-3-12-11(8-10)6-7-16-12/h2-3,6-8,13,16-17H,4-5,9H2,1H3. The highest BCUT2D eigenvalue weighted by atomic mass is 16.2. The van der Waals surface area contributed by atoms with E-state index >= 15 is 0 Å². The number of nitrogens with zero attached hydrogens (tertiary/aromatic N) is 1. The van der Waals surface area contributed by atoms with E-state index in [-0.39, 0.29) is 17.9 Å². The largest absolute Gasteiger partial charge is 0.361 e. The Morgan fingerprint density at radius 3 is 3.05 bits per heavy atom. The van der Waals surface area contributed by atoms with Crippen LogP contribution in [0.4, 0.5) is 0 Å². The van der Waals surface area contributed by atoms with Crippen molar-refractivity contribution in [1.29, 1.82) is 0 Å². The summed E-state index contributed by atoms with van der Waals surface area (Å²) in [5, 5.41) is 4.40. The summed E-state index contributed by atoms with van der Waals surface area (Å²) in [7, 11) is 1.55. The molecule has 3 rings (SSSR count). The minimum atomic E-state index is -0.264. The number of likely N-dealkylation sites (N-methyl/N-ethyl adjacent to an activating group) is 1. The molecule has 1 aromatic heterocycles. The second-order valence-corrected chi connectivity index (χ2v) is 5.16. The van der Waals surface area contributed by atoms with E-state index < -0.39 is 0 Å². The van der Waals surface area contributed by atoms with Crippen LogP contribution in [0, 0.1) is 0 Å². The van der Waals surface area contributed by atoms with Crippen LogP contribution in [0.5, 0.6) is 0 Å². The van der Waals surface area contributed by atoms with Gasteiger partial charge in [0.2, 0.25) is 11.8 Å². The summed E-state index contributed by atoms with van der Waals surface area (Å²) >= 11 is 0. The van der Waals surface area contributed by atoms with E-state index in [2.05, 4.69) is 16.4 Å². The fourth-order valence-corrected chi connectivity index (χ4v) is 2.56. The highest BCUT2D eigenvalue weighted by Crippen LogP contribution is 2.16. The van der Waals surface area contributed by atoms with E-state index in [0.717, 1.165) is 16.5 Å². The molecule has 0 aliphatic carbocycles. The summed E-state index contributed by atoms with van der Waals surface area (Å²) in [6, 6.07) is 7.93. The Morgan fingerprint density at radius 1 is 1.35 bits per heavy atom. The third kappa shape index (κ3) is 2.32. The van der Waals surface area contributed by atoms with Gasteiger partial charge in [-0.3, -0.25) is 14.5 Å². The van der Waals surface area contributed by atoms with Crippen molar-refractivity contribution in [3.8, 4) is 0 Å². The number of piperidine rings is 1. The summed E-state index contributed by atoms with van der Waals surface area (Å²) in [5.41, 5.74) is 2.23. The molecule has 1 unspecified atom stereocenters. The van der Waals surface area contributed by atoms with Gasteiger partial charge in [0.1, 0.15) is 0 Å². The maximum absolute atomic E-state index is 12.0. The first-order chi connectivity index (χ1) is 9.65. The predicted octanol–water partition coefficient (Wildman–Crippen LogP) is 1.40. The van der Waals surface area contributed by atoms with Gasteiger partial charge in [-0.25, -0.2) is 0 Å². The Morgan fingerprint density at radius 2 is 2.20 bits per heavy atom. The lowest BCUT2D eigenvalue weighted by molar-refractivity contribution is -0.148. The number of aromatic amines is 1. The number of aromatic nitrogens is 1. The molecule has 2 aromatic rings. The van der Waals surface area contributed by atoms with Crippen molar-refractivity contribution in [1.82, 2.24) is 15.2 Å². The molecule has 20 heavy (non-hydrogen) atoms. The number of amides is 2. The van der Waals surface area contributed by atoms with Crippen molar-refractivity contribution in [3.05, 3.63) is 36.0 Å². The van der Waals surface area contributed by atoms with Gasteiger partial charge in [-0.05, 0) is 35.6 Å². The summed E-state index contributed by atoms with van der Waals surface area (Å²) in [4.78, 5) is 27.8. The third-order valence-electron chi connectivity index (χ3n) is 3.82. The minimum Gasteiger partial charge on any atom is -0.361 e. The Bertz CT molecular complexity index is 662. The van der Waals surface area contributed by atoms with Gasteiger partial charge in [-0.15, -0.1) is 0 Å². The molecule has 2 heterocycles. The van der Waals surface area contributed by atoms with Gasteiger partial charge in [-0.2, -0.15) is 0 Å². The predicted molar refractivity (Wildman–Crippen MR) is 75.9 cm³/mol. The van der Waals surface area contributed by atoms with Gasteiger partial charge >= 0.3 is 0 Å². The van der Waals surface area contributed by atoms with E-state index in [9.17, 15) is 9.59 Å². The van der Waals surface area contributed by atoms with Crippen LogP contribution in [0.2, 0.25) is 0 Å². The molecule has 1 aliphatic rings. The molecule has 0 bridgehead atoms. The molecule has 1 atom stereocenters. The molecular weight excluding hydrogens is 254 g/mol.